The third-order valence-corrected chi connectivity index (χ3v) is 5.85. The van der Waals surface area contributed by atoms with E-state index in [1.54, 1.807) is 25.3 Å². The van der Waals surface area contributed by atoms with E-state index in [0.717, 1.165) is 15.6 Å². The van der Waals surface area contributed by atoms with Crippen LogP contribution in [0, 0.1) is 0 Å². The lowest BCUT2D eigenvalue weighted by Crippen LogP contribution is -2.23. The Kier molecular flexibility index (Phi) is 7.74. The molecule has 0 unspecified atom stereocenters. The predicted octanol–water partition coefficient (Wildman–Crippen LogP) is 2.06. The number of carbonyl (C=O) groups is 2. The monoisotopic (exact) mass is 420 g/mol. The number of hydrogen-bond acceptors (Lipinski definition) is 6. The molecule has 1 N–H and O–H groups in total. The summed E-state index contributed by atoms with van der Waals surface area (Å²) in [5.74, 6) is -0.322. The number of nitrogens with one attached hydrogen (secondary N) is 1. The van der Waals surface area contributed by atoms with Crippen LogP contribution in [0.3, 0.4) is 0 Å². The summed E-state index contributed by atoms with van der Waals surface area (Å²) in [6.07, 6.45) is 0.616. The molecule has 0 aliphatic heterocycles. The van der Waals surface area contributed by atoms with E-state index in [9.17, 15) is 18.0 Å². The first-order chi connectivity index (χ1) is 13.7. The van der Waals surface area contributed by atoms with Gasteiger partial charge in [-0.2, -0.15) is 0 Å². The Labute approximate surface area is 170 Å². The van der Waals surface area contributed by atoms with Crippen molar-refractivity contribution >= 4 is 27.6 Å². The van der Waals surface area contributed by atoms with Gasteiger partial charge in [-0.15, -0.1) is 0 Å². The van der Waals surface area contributed by atoms with Crippen molar-refractivity contribution in [2.45, 2.75) is 17.7 Å². The summed E-state index contributed by atoms with van der Waals surface area (Å²) in [6, 6.07) is 13.2. The van der Waals surface area contributed by atoms with E-state index in [1.807, 2.05) is 12.1 Å². The molecule has 8 nitrogen and oxygen atoms in total. The maximum Gasteiger partial charge on any atom is 0.306 e. The minimum Gasteiger partial charge on any atom is -0.497 e. The fraction of sp³-hybridized carbons (Fsp3) is 0.300. The zero-order valence-corrected chi connectivity index (χ0v) is 17.4. The van der Waals surface area contributed by atoms with Crippen LogP contribution in [-0.2, 0) is 30.8 Å². The van der Waals surface area contributed by atoms with Crippen LogP contribution >= 0.6 is 0 Å². The molecule has 0 aliphatic carbocycles. The van der Waals surface area contributed by atoms with Gasteiger partial charge in [0.15, 0.2) is 6.61 Å². The Morgan fingerprint density at radius 1 is 1.07 bits per heavy atom. The molecule has 29 heavy (non-hydrogen) atoms. The van der Waals surface area contributed by atoms with Crippen LogP contribution in [0.2, 0.25) is 0 Å². The minimum absolute atomic E-state index is 0.0526. The second-order valence-corrected chi connectivity index (χ2v) is 8.52. The van der Waals surface area contributed by atoms with Crippen LogP contribution in [0.4, 0.5) is 5.69 Å². The van der Waals surface area contributed by atoms with Crippen LogP contribution in [0.5, 0.6) is 5.75 Å². The first-order valence-electron chi connectivity index (χ1n) is 8.83. The third kappa shape index (κ3) is 6.58. The molecule has 0 bridgehead atoms. The van der Waals surface area contributed by atoms with Gasteiger partial charge in [0.1, 0.15) is 5.75 Å². The summed E-state index contributed by atoms with van der Waals surface area (Å²) < 4.78 is 35.4. The van der Waals surface area contributed by atoms with Gasteiger partial charge in [0, 0.05) is 26.2 Å². The Morgan fingerprint density at radius 3 is 2.38 bits per heavy atom. The summed E-state index contributed by atoms with van der Waals surface area (Å²) >= 11 is 0. The average Bonchev–Trinajstić information content (AvgIpc) is 2.71. The number of esters is 1. The second kappa shape index (κ2) is 10.0. The van der Waals surface area contributed by atoms with E-state index >= 15 is 0 Å². The van der Waals surface area contributed by atoms with Gasteiger partial charge in [-0.3, -0.25) is 9.59 Å². The molecule has 2 aromatic carbocycles. The first-order valence-corrected chi connectivity index (χ1v) is 10.3. The van der Waals surface area contributed by atoms with Crippen LogP contribution in [0.25, 0.3) is 0 Å². The number of anilines is 1. The van der Waals surface area contributed by atoms with Gasteiger partial charge in [-0.05, 0) is 42.3 Å². The normalized spacial score (nSPS) is 11.2. The van der Waals surface area contributed by atoms with Gasteiger partial charge in [0.25, 0.3) is 5.91 Å². The van der Waals surface area contributed by atoms with Crippen molar-refractivity contribution in [2.24, 2.45) is 0 Å². The Morgan fingerprint density at radius 2 is 1.76 bits per heavy atom. The van der Waals surface area contributed by atoms with E-state index in [-0.39, 0.29) is 11.3 Å². The predicted molar refractivity (Wildman–Crippen MR) is 108 cm³/mol. The van der Waals surface area contributed by atoms with E-state index in [4.69, 9.17) is 9.47 Å². The van der Waals surface area contributed by atoms with Crippen LogP contribution < -0.4 is 10.1 Å². The van der Waals surface area contributed by atoms with Crippen LogP contribution in [-0.4, -0.2) is 52.4 Å². The molecule has 156 valence electrons. The lowest BCUT2D eigenvalue weighted by atomic mass is 10.1. The number of ether oxygens (including phenoxy) is 2. The van der Waals surface area contributed by atoms with Gasteiger partial charge in [0.05, 0.1) is 12.0 Å². The number of aryl methyl sites for hydroxylation is 1. The standard InChI is InChI=1S/C20H24N2O6S/c1-22(2)29(25,26)18-6-4-5-16(13-18)21-19(23)14-28-20(24)12-9-15-7-10-17(27-3)11-8-15/h4-8,10-11,13H,9,12,14H2,1-3H3,(H,21,23). The zero-order chi connectivity index (χ0) is 21.4. The largest absolute Gasteiger partial charge is 0.497 e. The number of sulfonamides is 1. The van der Waals surface area contributed by atoms with Gasteiger partial charge in [-0.25, -0.2) is 12.7 Å². The van der Waals surface area contributed by atoms with E-state index in [1.165, 1.54) is 32.3 Å². The first kappa shape index (κ1) is 22.4. The number of methoxy groups -OCH3 is 1. The molecule has 0 saturated carbocycles. The average molecular weight is 420 g/mol. The fourth-order valence-electron chi connectivity index (χ4n) is 2.40. The van der Waals surface area contributed by atoms with Gasteiger partial charge in [-0.1, -0.05) is 18.2 Å². The molecule has 0 spiro atoms. The molecule has 2 rings (SSSR count). The van der Waals surface area contributed by atoms with Gasteiger partial charge in [0.2, 0.25) is 10.0 Å². The van der Waals surface area contributed by atoms with Crippen molar-refractivity contribution in [3.8, 4) is 5.75 Å². The van der Waals surface area contributed by atoms with E-state index in [2.05, 4.69) is 5.32 Å². The number of carbonyl (C=O) groups excluding carboxylic acids is 2. The van der Waals surface area contributed by atoms with Crippen molar-refractivity contribution < 1.29 is 27.5 Å². The molecular formula is C20H24N2O6S. The number of hydrogen-bond donors (Lipinski definition) is 1. The Balaban J connectivity index is 1.82. The van der Waals surface area contributed by atoms with Crippen molar-refractivity contribution in [1.82, 2.24) is 4.31 Å². The zero-order valence-electron chi connectivity index (χ0n) is 16.5. The van der Waals surface area contributed by atoms with Crippen molar-refractivity contribution in [2.75, 3.05) is 33.1 Å². The van der Waals surface area contributed by atoms with E-state index < -0.39 is 28.5 Å². The molecule has 0 aromatic heterocycles. The fourth-order valence-corrected chi connectivity index (χ4v) is 3.35. The molecule has 9 heteroatoms. The molecule has 0 atom stereocenters. The Bertz CT molecular complexity index is 955. The summed E-state index contributed by atoms with van der Waals surface area (Å²) in [6.45, 7) is -0.452. The molecule has 2 aromatic rings. The highest BCUT2D eigenvalue weighted by Gasteiger charge is 2.17. The minimum atomic E-state index is -3.61. The lowest BCUT2D eigenvalue weighted by Gasteiger charge is -2.12. The van der Waals surface area contributed by atoms with Crippen LogP contribution in [0.15, 0.2) is 53.4 Å². The third-order valence-electron chi connectivity index (χ3n) is 4.04. The van der Waals surface area contributed by atoms with Crippen molar-refractivity contribution in [1.29, 1.82) is 0 Å². The lowest BCUT2D eigenvalue weighted by molar-refractivity contribution is -0.147. The van der Waals surface area contributed by atoms with Gasteiger partial charge < -0.3 is 14.8 Å². The molecule has 0 saturated heterocycles. The number of amides is 1. The highest BCUT2D eigenvalue weighted by Crippen LogP contribution is 2.18. The van der Waals surface area contributed by atoms with E-state index in [0.29, 0.717) is 12.1 Å². The molecule has 0 radical (unpaired) electrons. The quantitative estimate of drug-likeness (QED) is 0.623. The summed E-state index contributed by atoms with van der Waals surface area (Å²) in [5, 5.41) is 2.52. The maximum atomic E-state index is 12.1. The number of rotatable bonds is 9. The SMILES string of the molecule is COc1ccc(CCC(=O)OCC(=O)Nc2cccc(S(=O)(=O)N(C)C)c2)cc1. The number of benzene rings is 2. The second-order valence-electron chi connectivity index (χ2n) is 6.37. The van der Waals surface area contributed by atoms with Gasteiger partial charge >= 0.3 is 5.97 Å². The summed E-state index contributed by atoms with van der Waals surface area (Å²) in [5.41, 5.74) is 1.25. The molecule has 0 heterocycles. The smallest absolute Gasteiger partial charge is 0.306 e. The maximum absolute atomic E-state index is 12.1. The molecule has 1 amide bonds. The topological polar surface area (TPSA) is 102 Å². The number of nitrogens with zero attached hydrogens (tertiary/aromatic N) is 1. The molecule has 0 aliphatic rings. The van der Waals surface area contributed by atoms with Crippen molar-refractivity contribution in [3.05, 3.63) is 54.1 Å². The highest BCUT2D eigenvalue weighted by molar-refractivity contribution is 7.89. The van der Waals surface area contributed by atoms with Crippen LogP contribution in [0.1, 0.15) is 12.0 Å². The summed E-state index contributed by atoms with van der Waals surface area (Å²) in [4.78, 5) is 23.9. The Hall–Kier alpha value is -2.91. The highest BCUT2D eigenvalue weighted by atomic mass is 32.2. The molecular weight excluding hydrogens is 396 g/mol. The summed E-state index contributed by atoms with van der Waals surface area (Å²) in [7, 11) is 0.813. The van der Waals surface area contributed by atoms with Crippen molar-refractivity contribution in [3.63, 3.8) is 0 Å². The molecule has 0 fully saturated rings.